The number of rotatable bonds is 0. The molecule has 0 amide bonds. The normalized spacial score (nSPS) is 17.5. The summed E-state index contributed by atoms with van der Waals surface area (Å²) in [5, 5.41) is 1.88. The van der Waals surface area contributed by atoms with Gasteiger partial charge in [0, 0.05) is 6.54 Å². The van der Waals surface area contributed by atoms with E-state index in [1.807, 2.05) is 5.01 Å². The number of nitrogens with two attached hydrogens (primary N) is 1. The summed E-state index contributed by atoms with van der Waals surface area (Å²) < 4.78 is 0. The van der Waals surface area contributed by atoms with Crippen molar-refractivity contribution < 1.29 is 0 Å². The zero-order chi connectivity index (χ0) is 9.10. The Balaban J connectivity index is 2.31. The van der Waals surface area contributed by atoms with E-state index in [0.29, 0.717) is 0 Å². The van der Waals surface area contributed by atoms with E-state index in [9.17, 15) is 0 Å². The Morgan fingerprint density at radius 3 is 2.85 bits per heavy atom. The highest BCUT2D eigenvalue weighted by molar-refractivity contribution is 5.52. The third kappa shape index (κ3) is 1.83. The summed E-state index contributed by atoms with van der Waals surface area (Å²) in [6.07, 6.45) is 4.97. The molecule has 0 atom stereocenters. The summed E-state index contributed by atoms with van der Waals surface area (Å²) in [5.74, 6) is 5.95. The van der Waals surface area contributed by atoms with Crippen molar-refractivity contribution in [2.24, 2.45) is 5.84 Å². The minimum absolute atomic E-state index is 0.983. The highest BCUT2D eigenvalue weighted by Crippen LogP contribution is 2.22. The molecule has 0 aliphatic carbocycles. The summed E-state index contributed by atoms with van der Waals surface area (Å²) in [7, 11) is 0. The Bertz CT molecular complexity index is 283. The first-order valence-electron chi connectivity index (χ1n) is 4.98. The van der Waals surface area contributed by atoms with Gasteiger partial charge in [-0.05, 0) is 30.9 Å². The van der Waals surface area contributed by atoms with Crippen LogP contribution in [0, 0.1) is 0 Å². The molecule has 0 fully saturated rings. The molecule has 1 aromatic carbocycles. The minimum atomic E-state index is 0.983. The Labute approximate surface area is 79.3 Å². The monoisotopic (exact) mass is 176 g/mol. The summed E-state index contributed by atoms with van der Waals surface area (Å²) in [4.78, 5) is 0. The fourth-order valence-corrected chi connectivity index (χ4v) is 1.90. The molecule has 0 bridgehead atoms. The maximum atomic E-state index is 5.95. The summed E-state index contributed by atoms with van der Waals surface area (Å²) in [6.45, 7) is 0.983. The number of nitrogens with zero attached hydrogens (tertiary/aromatic N) is 1. The van der Waals surface area contributed by atoms with Crippen LogP contribution in [0.2, 0.25) is 0 Å². The first kappa shape index (κ1) is 8.57. The average molecular weight is 176 g/mol. The second kappa shape index (κ2) is 3.79. The predicted molar refractivity (Wildman–Crippen MR) is 55.5 cm³/mol. The van der Waals surface area contributed by atoms with E-state index in [4.69, 9.17) is 5.84 Å². The molecular weight excluding hydrogens is 160 g/mol. The molecule has 13 heavy (non-hydrogen) atoms. The van der Waals surface area contributed by atoms with Gasteiger partial charge < -0.3 is 5.01 Å². The molecule has 0 aromatic heterocycles. The van der Waals surface area contributed by atoms with Gasteiger partial charge in [-0.25, -0.2) is 5.84 Å². The molecule has 1 aliphatic rings. The van der Waals surface area contributed by atoms with E-state index in [2.05, 4.69) is 24.3 Å². The van der Waals surface area contributed by atoms with Crippen molar-refractivity contribution >= 4 is 5.69 Å². The predicted octanol–water partition coefficient (Wildman–Crippen LogP) is 2.09. The van der Waals surface area contributed by atoms with Crippen LogP contribution < -0.4 is 10.9 Å². The molecule has 1 heterocycles. The Morgan fingerprint density at radius 1 is 1.08 bits per heavy atom. The van der Waals surface area contributed by atoms with E-state index in [-0.39, 0.29) is 0 Å². The van der Waals surface area contributed by atoms with Crippen molar-refractivity contribution in [1.82, 2.24) is 0 Å². The molecule has 0 radical (unpaired) electrons. The van der Waals surface area contributed by atoms with Crippen molar-refractivity contribution in [2.45, 2.75) is 25.7 Å². The van der Waals surface area contributed by atoms with E-state index in [1.165, 1.54) is 36.9 Å². The number of benzene rings is 1. The Kier molecular flexibility index (Phi) is 2.50. The van der Waals surface area contributed by atoms with Gasteiger partial charge in [-0.15, -0.1) is 0 Å². The fraction of sp³-hybridized carbons (Fsp3) is 0.455. The smallest absolute Gasteiger partial charge is 0.0549 e. The fourth-order valence-electron chi connectivity index (χ4n) is 1.90. The molecule has 0 spiro atoms. The first-order valence-corrected chi connectivity index (χ1v) is 4.98. The van der Waals surface area contributed by atoms with Gasteiger partial charge in [0.05, 0.1) is 5.69 Å². The van der Waals surface area contributed by atoms with Crippen molar-refractivity contribution in [3.8, 4) is 0 Å². The first-order chi connectivity index (χ1) is 6.38. The SMILES string of the molecule is NN1CCCCCc2ccccc21. The van der Waals surface area contributed by atoms with Crippen LogP contribution >= 0.6 is 0 Å². The average Bonchev–Trinajstić information content (AvgIpc) is 2.14. The van der Waals surface area contributed by atoms with Gasteiger partial charge in [-0.2, -0.15) is 0 Å². The molecule has 2 N–H and O–H groups in total. The molecule has 0 saturated carbocycles. The van der Waals surface area contributed by atoms with Crippen molar-refractivity contribution in [3.63, 3.8) is 0 Å². The van der Waals surface area contributed by atoms with Crippen LogP contribution in [-0.4, -0.2) is 6.54 Å². The highest BCUT2D eigenvalue weighted by atomic mass is 15.4. The molecule has 2 rings (SSSR count). The number of para-hydroxylation sites is 1. The van der Waals surface area contributed by atoms with Crippen molar-refractivity contribution in [3.05, 3.63) is 29.8 Å². The number of hydrazine groups is 1. The zero-order valence-corrected chi connectivity index (χ0v) is 7.87. The molecule has 2 heteroatoms. The molecule has 0 saturated heterocycles. The largest absolute Gasteiger partial charge is 0.311 e. The third-order valence-electron chi connectivity index (χ3n) is 2.65. The van der Waals surface area contributed by atoms with Crippen LogP contribution in [0.5, 0.6) is 0 Å². The van der Waals surface area contributed by atoms with E-state index in [0.717, 1.165) is 6.54 Å². The van der Waals surface area contributed by atoms with Crippen molar-refractivity contribution in [1.29, 1.82) is 0 Å². The molecule has 0 unspecified atom stereocenters. The van der Waals surface area contributed by atoms with Crippen molar-refractivity contribution in [2.75, 3.05) is 11.6 Å². The third-order valence-corrected chi connectivity index (χ3v) is 2.65. The topological polar surface area (TPSA) is 29.3 Å². The number of hydrogen-bond acceptors (Lipinski definition) is 2. The van der Waals surface area contributed by atoms with Gasteiger partial charge in [0.1, 0.15) is 0 Å². The van der Waals surface area contributed by atoms with Crippen LogP contribution in [0.15, 0.2) is 24.3 Å². The molecule has 1 aromatic rings. The number of fused-ring (bicyclic) bond motifs is 1. The highest BCUT2D eigenvalue weighted by Gasteiger charge is 2.09. The van der Waals surface area contributed by atoms with E-state index in [1.54, 1.807) is 0 Å². The lowest BCUT2D eigenvalue weighted by Gasteiger charge is -2.24. The second-order valence-electron chi connectivity index (χ2n) is 3.63. The van der Waals surface area contributed by atoms with Crippen LogP contribution in [-0.2, 0) is 6.42 Å². The second-order valence-corrected chi connectivity index (χ2v) is 3.63. The Hall–Kier alpha value is -1.02. The number of hydrogen-bond donors (Lipinski definition) is 1. The summed E-state index contributed by atoms with van der Waals surface area (Å²) in [6, 6.07) is 8.44. The van der Waals surface area contributed by atoms with Crippen LogP contribution in [0.1, 0.15) is 24.8 Å². The number of anilines is 1. The molecule has 70 valence electrons. The number of aryl methyl sites for hydroxylation is 1. The standard InChI is InChI=1S/C11H16N2/c12-13-9-5-1-2-6-10-7-3-4-8-11(10)13/h3-4,7-8H,1-2,5-6,9,12H2. The Morgan fingerprint density at radius 2 is 1.92 bits per heavy atom. The minimum Gasteiger partial charge on any atom is -0.311 e. The summed E-state index contributed by atoms with van der Waals surface area (Å²) in [5.41, 5.74) is 2.60. The van der Waals surface area contributed by atoms with E-state index >= 15 is 0 Å². The maximum Gasteiger partial charge on any atom is 0.0549 e. The molecule has 2 nitrogen and oxygen atoms in total. The van der Waals surface area contributed by atoms with Gasteiger partial charge >= 0.3 is 0 Å². The molecular formula is C11H16N2. The summed E-state index contributed by atoms with van der Waals surface area (Å²) >= 11 is 0. The molecule has 1 aliphatic heterocycles. The van der Waals surface area contributed by atoms with Crippen LogP contribution in [0.3, 0.4) is 0 Å². The van der Waals surface area contributed by atoms with Gasteiger partial charge in [0.15, 0.2) is 0 Å². The van der Waals surface area contributed by atoms with E-state index < -0.39 is 0 Å². The lowest BCUT2D eigenvalue weighted by molar-refractivity contribution is 0.639. The lowest BCUT2D eigenvalue weighted by atomic mass is 10.0. The zero-order valence-electron chi connectivity index (χ0n) is 7.87. The lowest BCUT2D eigenvalue weighted by Crippen LogP contribution is -2.33. The van der Waals surface area contributed by atoms with Gasteiger partial charge in [0.2, 0.25) is 0 Å². The van der Waals surface area contributed by atoms with Crippen LogP contribution in [0.4, 0.5) is 5.69 Å². The quantitative estimate of drug-likeness (QED) is 0.613. The maximum absolute atomic E-state index is 5.95. The van der Waals surface area contributed by atoms with Gasteiger partial charge in [-0.3, -0.25) is 0 Å². The van der Waals surface area contributed by atoms with Crippen LogP contribution in [0.25, 0.3) is 0 Å². The van der Waals surface area contributed by atoms with Gasteiger partial charge in [0.25, 0.3) is 0 Å². The van der Waals surface area contributed by atoms with Gasteiger partial charge in [-0.1, -0.05) is 24.6 Å².